The Bertz CT molecular complexity index is 1520. The zero-order chi connectivity index (χ0) is 26.0. The molecule has 0 aliphatic carbocycles. The van der Waals surface area contributed by atoms with E-state index in [0.29, 0.717) is 43.4 Å². The Hall–Kier alpha value is -3.37. The molecule has 0 amide bonds. The van der Waals surface area contributed by atoms with Crippen LogP contribution in [0, 0.1) is 0 Å². The van der Waals surface area contributed by atoms with Gasteiger partial charge in [0.05, 0.1) is 54.3 Å². The van der Waals surface area contributed by atoms with Gasteiger partial charge in [0.15, 0.2) is 4.80 Å². The van der Waals surface area contributed by atoms with Gasteiger partial charge in [0.2, 0.25) is 0 Å². The maximum atomic E-state index is 13.8. The van der Waals surface area contributed by atoms with Crippen LogP contribution in [0.25, 0.3) is 6.08 Å². The number of hydrogen-bond donors (Lipinski definition) is 0. The number of carbonyl (C=O) groups is 1. The summed E-state index contributed by atoms with van der Waals surface area (Å²) < 4.78 is 24.2. The molecule has 1 aliphatic heterocycles. The number of rotatable bonds is 7. The molecule has 8 nitrogen and oxygen atoms in total. The highest BCUT2D eigenvalue weighted by molar-refractivity contribution is 9.10. The Labute approximate surface area is 220 Å². The van der Waals surface area contributed by atoms with Crippen molar-refractivity contribution in [3.63, 3.8) is 0 Å². The Kier molecular flexibility index (Phi) is 7.65. The van der Waals surface area contributed by atoms with Crippen LogP contribution in [0.5, 0.6) is 17.2 Å². The van der Waals surface area contributed by atoms with Crippen LogP contribution in [0.3, 0.4) is 0 Å². The smallest absolute Gasteiger partial charge is 0.338 e. The second-order valence-corrected chi connectivity index (χ2v) is 9.67. The van der Waals surface area contributed by atoms with Gasteiger partial charge in [0.1, 0.15) is 17.2 Å². The van der Waals surface area contributed by atoms with Crippen LogP contribution in [-0.4, -0.2) is 38.5 Å². The SMILES string of the molecule is CCOC(=O)C1=C(C)N=c2s/c(=C/c3cc(Br)c(OC)cc3OC)c(=O)n2[C@H]1c1ccc(OC)cc1. The van der Waals surface area contributed by atoms with Crippen molar-refractivity contribution in [1.29, 1.82) is 0 Å². The highest BCUT2D eigenvalue weighted by Gasteiger charge is 2.33. The molecule has 0 fully saturated rings. The predicted octanol–water partition coefficient (Wildman–Crippen LogP) is 3.59. The van der Waals surface area contributed by atoms with E-state index in [1.807, 2.05) is 18.2 Å². The summed E-state index contributed by atoms with van der Waals surface area (Å²) in [4.78, 5) is 31.9. The van der Waals surface area contributed by atoms with E-state index in [1.165, 1.54) is 11.3 Å². The van der Waals surface area contributed by atoms with Gasteiger partial charge in [-0.25, -0.2) is 9.79 Å². The average Bonchev–Trinajstić information content (AvgIpc) is 3.17. The number of benzene rings is 2. The Morgan fingerprint density at radius 2 is 1.81 bits per heavy atom. The number of methoxy groups -OCH3 is 3. The van der Waals surface area contributed by atoms with E-state index in [-0.39, 0.29) is 12.2 Å². The monoisotopic (exact) mass is 572 g/mol. The van der Waals surface area contributed by atoms with Crippen LogP contribution >= 0.6 is 27.3 Å². The minimum atomic E-state index is -0.696. The molecule has 2 aromatic carbocycles. The summed E-state index contributed by atoms with van der Waals surface area (Å²) in [6.07, 6.45) is 1.75. The van der Waals surface area contributed by atoms with Gasteiger partial charge in [-0.15, -0.1) is 0 Å². The number of carbonyl (C=O) groups excluding carboxylic acids is 1. The number of allylic oxidation sites excluding steroid dienone is 1. The zero-order valence-electron chi connectivity index (χ0n) is 20.5. The van der Waals surface area contributed by atoms with Crippen LogP contribution in [0.4, 0.5) is 0 Å². The lowest BCUT2D eigenvalue weighted by Crippen LogP contribution is -2.39. The summed E-state index contributed by atoms with van der Waals surface area (Å²) in [5.74, 6) is 1.33. The first-order valence-electron chi connectivity index (χ1n) is 11.1. The second kappa shape index (κ2) is 10.7. The largest absolute Gasteiger partial charge is 0.497 e. The number of halogens is 1. The summed E-state index contributed by atoms with van der Waals surface area (Å²) in [5, 5.41) is 0. The molecule has 0 N–H and O–H groups in total. The molecule has 1 aliphatic rings. The van der Waals surface area contributed by atoms with Crippen LogP contribution in [-0.2, 0) is 9.53 Å². The third kappa shape index (κ3) is 4.70. The topological polar surface area (TPSA) is 88.4 Å². The van der Waals surface area contributed by atoms with Crippen LogP contribution in [0.2, 0.25) is 0 Å². The summed E-state index contributed by atoms with van der Waals surface area (Å²) >= 11 is 4.73. The normalized spacial score (nSPS) is 15.3. The third-order valence-electron chi connectivity index (χ3n) is 5.74. The molecule has 1 aromatic heterocycles. The maximum absolute atomic E-state index is 13.8. The van der Waals surface area contributed by atoms with Crippen molar-refractivity contribution in [2.24, 2.45) is 4.99 Å². The Balaban J connectivity index is 1.95. The van der Waals surface area contributed by atoms with Gasteiger partial charge in [-0.1, -0.05) is 23.5 Å². The molecule has 188 valence electrons. The van der Waals surface area contributed by atoms with Gasteiger partial charge in [-0.2, -0.15) is 0 Å². The standard InChI is InChI=1S/C26H25BrN2O6S/c1-6-35-25(31)22-14(2)28-26-29(23(22)15-7-9-17(32-3)10-8-15)24(30)21(36-26)12-16-11-18(27)20(34-5)13-19(16)33-4/h7-13,23H,6H2,1-5H3/b21-12+/t23-/m0/s1. The van der Waals surface area contributed by atoms with Crippen molar-refractivity contribution < 1.29 is 23.7 Å². The quantitative estimate of drug-likeness (QED) is 0.402. The van der Waals surface area contributed by atoms with Crippen molar-refractivity contribution in [2.75, 3.05) is 27.9 Å². The van der Waals surface area contributed by atoms with E-state index in [2.05, 4.69) is 20.9 Å². The zero-order valence-corrected chi connectivity index (χ0v) is 22.9. The second-order valence-electron chi connectivity index (χ2n) is 7.80. The van der Waals surface area contributed by atoms with E-state index in [1.54, 1.807) is 64.0 Å². The number of fused-ring (bicyclic) bond motifs is 1. The minimum absolute atomic E-state index is 0.210. The van der Waals surface area contributed by atoms with Crippen molar-refractivity contribution in [3.8, 4) is 17.2 Å². The molecule has 2 heterocycles. The molecule has 10 heteroatoms. The molecule has 3 aromatic rings. The number of aromatic nitrogens is 1. The molecule has 36 heavy (non-hydrogen) atoms. The summed E-state index contributed by atoms with van der Waals surface area (Å²) in [7, 11) is 4.71. The number of esters is 1. The van der Waals surface area contributed by atoms with Gasteiger partial charge >= 0.3 is 5.97 Å². The highest BCUT2D eigenvalue weighted by atomic mass is 79.9. The lowest BCUT2D eigenvalue weighted by molar-refractivity contribution is -0.139. The number of hydrogen-bond acceptors (Lipinski definition) is 8. The van der Waals surface area contributed by atoms with Crippen LogP contribution in [0.1, 0.15) is 31.0 Å². The summed E-state index contributed by atoms with van der Waals surface area (Å²) in [6.45, 7) is 3.71. The van der Waals surface area contributed by atoms with Gasteiger partial charge < -0.3 is 18.9 Å². The highest BCUT2D eigenvalue weighted by Crippen LogP contribution is 2.34. The van der Waals surface area contributed by atoms with Crippen molar-refractivity contribution >= 4 is 39.3 Å². The van der Waals surface area contributed by atoms with E-state index >= 15 is 0 Å². The lowest BCUT2D eigenvalue weighted by atomic mass is 9.96. The van der Waals surface area contributed by atoms with Crippen molar-refractivity contribution in [1.82, 2.24) is 4.57 Å². The molecule has 4 rings (SSSR count). The number of ether oxygens (including phenoxy) is 4. The van der Waals surface area contributed by atoms with Gasteiger partial charge in [-0.3, -0.25) is 9.36 Å². The van der Waals surface area contributed by atoms with Gasteiger partial charge in [0.25, 0.3) is 5.56 Å². The molecule has 1 atom stereocenters. The first kappa shape index (κ1) is 25.7. The van der Waals surface area contributed by atoms with E-state index < -0.39 is 12.0 Å². The molecule has 0 bridgehead atoms. The van der Waals surface area contributed by atoms with Crippen LogP contribution < -0.4 is 29.1 Å². The predicted molar refractivity (Wildman–Crippen MR) is 141 cm³/mol. The minimum Gasteiger partial charge on any atom is -0.497 e. The van der Waals surface area contributed by atoms with Crippen molar-refractivity contribution in [2.45, 2.75) is 19.9 Å². The molecule has 0 radical (unpaired) electrons. The van der Waals surface area contributed by atoms with E-state index in [4.69, 9.17) is 18.9 Å². The summed E-state index contributed by atoms with van der Waals surface area (Å²) in [6, 6.07) is 10.1. The third-order valence-corrected chi connectivity index (χ3v) is 7.34. The molecule has 0 spiro atoms. The van der Waals surface area contributed by atoms with Crippen molar-refractivity contribution in [3.05, 3.63) is 83.0 Å². The van der Waals surface area contributed by atoms with E-state index in [9.17, 15) is 9.59 Å². The molecule has 0 unspecified atom stereocenters. The lowest BCUT2D eigenvalue weighted by Gasteiger charge is -2.24. The maximum Gasteiger partial charge on any atom is 0.338 e. The van der Waals surface area contributed by atoms with E-state index in [0.717, 1.165) is 10.0 Å². The summed E-state index contributed by atoms with van der Waals surface area (Å²) in [5.41, 5.74) is 1.99. The Morgan fingerprint density at radius 1 is 1.11 bits per heavy atom. The number of thiazole rings is 1. The fraction of sp³-hybridized carbons (Fsp3) is 0.269. The average molecular weight is 573 g/mol. The van der Waals surface area contributed by atoms with Gasteiger partial charge in [-0.05, 0) is 59.6 Å². The fourth-order valence-corrected chi connectivity index (χ4v) is 5.59. The van der Waals surface area contributed by atoms with Crippen LogP contribution in [0.15, 0.2) is 61.9 Å². The first-order valence-corrected chi connectivity index (χ1v) is 12.7. The molecule has 0 saturated carbocycles. The first-order chi connectivity index (χ1) is 17.3. The molecular formula is C26H25BrN2O6S. The molecule has 0 saturated heterocycles. The Morgan fingerprint density at radius 3 is 2.42 bits per heavy atom. The van der Waals surface area contributed by atoms with Gasteiger partial charge in [0, 0.05) is 11.6 Å². The fourth-order valence-electron chi connectivity index (χ4n) is 4.03. The number of nitrogens with zero attached hydrogens (tertiary/aromatic N) is 2. The molecular weight excluding hydrogens is 548 g/mol.